The Morgan fingerprint density at radius 1 is 1.06 bits per heavy atom. The molecule has 4 nitrogen and oxygen atoms in total. The Morgan fingerprint density at radius 3 is 2.19 bits per heavy atom. The summed E-state index contributed by atoms with van der Waals surface area (Å²) in [7, 11) is -2.82. The molecule has 0 spiro atoms. The smallest absolute Gasteiger partial charge is 0.153 e. The van der Waals surface area contributed by atoms with Crippen molar-refractivity contribution in [2.45, 2.75) is 32.1 Å². The molecule has 1 aliphatic heterocycles. The summed E-state index contributed by atoms with van der Waals surface area (Å²) >= 11 is 0. The normalized spacial score (nSPS) is 26.6. The monoisotopic (exact) mass is 244 g/mol. The molecule has 5 heteroatoms. The van der Waals surface area contributed by atoms with E-state index in [1.807, 2.05) is 4.90 Å². The highest BCUT2D eigenvalue weighted by Gasteiger charge is 2.27. The highest BCUT2D eigenvalue weighted by atomic mass is 32.2. The van der Waals surface area contributed by atoms with E-state index in [0.717, 1.165) is 12.8 Å². The maximum Gasteiger partial charge on any atom is 0.153 e. The second-order valence-corrected chi connectivity index (χ2v) is 7.16. The van der Waals surface area contributed by atoms with Crippen LogP contribution in [0.5, 0.6) is 0 Å². The van der Waals surface area contributed by atoms with Gasteiger partial charge in [0.1, 0.15) is 0 Å². The minimum absolute atomic E-state index is 0.224. The van der Waals surface area contributed by atoms with Gasteiger partial charge in [0.15, 0.2) is 9.84 Å². The van der Waals surface area contributed by atoms with Crippen LogP contribution in [0.4, 0.5) is 0 Å². The molecule has 1 N–H and O–H groups in total. The van der Waals surface area contributed by atoms with Crippen LogP contribution in [0.2, 0.25) is 0 Å². The first-order valence-electron chi connectivity index (χ1n) is 6.12. The zero-order valence-electron chi connectivity index (χ0n) is 9.61. The zero-order valence-corrected chi connectivity index (χ0v) is 10.4. The topological polar surface area (TPSA) is 61.2 Å². The van der Waals surface area contributed by atoms with Crippen LogP contribution < -0.4 is 0 Å². The van der Waals surface area contributed by atoms with Crippen molar-refractivity contribution < 1.29 is 8.42 Å². The summed E-state index contributed by atoms with van der Waals surface area (Å²) in [6, 6.07) is 0. The molecule has 1 aliphatic carbocycles. The van der Waals surface area contributed by atoms with Crippen molar-refractivity contribution in [1.29, 1.82) is 5.41 Å². The number of rotatable bonds is 1. The van der Waals surface area contributed by atoms with Crippen LogP contribution in [0.3, 0.4) is 0 Å². The van der Waals surface area contributed by atoms with Gasteiger partial charge >= 0.3 is 0 Å². The van der Waals surface area contributed by atoms with E-state index < -0.39 is 9.84 Å². The number of amidine groups is 1. The number of sulfone groups is 1. The lowest BCUT2D eigenvalue weighted by atomic mass is 9.88. The lowest BCUT2D eigenvalue weighted by molar-refractivity contribution is 0.365. The molecular weight excluding hydrogens is 224 g/mol. The van der Waals surface area contributed by atoms with Crippen LogP contribution >= 0.6 is 0 Å². The summed E-state index contributed by atoms with van der Waals surface area (Å²) in [5.74, 6) is 1.52. The summed E-state index contributed by atoms with van der Waals surface area (Å²) in [4.78, 5) is 1.97. The fraction of sp³-hybridized carbons (Fsp3) is 0.909. The number of hydrogen-bond acceptors (Lipinski definition) is 3. The van der Waals surface area contributed by atoms with Crippen molar-refractivity contribution in [3.63, 3.8) is 0 Å². The van der Waals surface area contributed by atoms with Gasteiger partial charge in [-0.3, -0.25) is 5.41 Å². The van der Waals surface area contributed by atoms with Gasteiger partial charge in [0.05, 0.1) is 17.3 Å². The molecule has 0 amide bonds. The van der Waals surface area contributed by atoms with E-state index >= 15 is 0 Å². The molecule has 1 heterocycles. The summed E-state index contributed by atoms with van der Waals surface area (Å²) in [5, 5.41) is 8.14. The van der Waals surface area contributed by atoms with E-state index in [0.29, 0.717) is 24.8 Å². The molecule has 16 heavy (non-hydrogen) atoms. The Morgan fingerprint density at radius 2 is 1.62 bits per heavy atom. The van der Waals surface area contributed by atoms with Crippen LogP contribution in [0.25, 0.3) is 0 Å². The summed E-state index contributed by atoms with van der Waals surface area (Å²) in [6.45, 7) is 1.05. The molecule has 0 atom stereocenters. The second-order valence-electron chi connectivity index (χ2n) is 4.86. The van der Waals surface area contributed by atoms with Crippen LogP contribution in [-0.2, 0) is 9.84 Å². The minimum Gasteiger partial charge on any atom is -0.358 e. The molecule has 0 aromatic heterocycles. The van der Waals surface area contributed by atoms with Crippen LogP contribution in [0.15, 0.2) is 0 Å². The minimum atomic E-state index is -2.82. The first-order valence-corrected chi connectivity index (χ1v) is 7.94. The Balaban J connectivity index is 1.90. The molecule has 2 fully saturated rings. The van der Waals surface area contributed by atoms with E-state index in [2.05, 4.69) is 0 Å². The average molecular weight is 244 g/mol. The molecule has 2 rings (SSSR count). The standard InChI is InChI=1S/C11H20N2O2S/c12-11(10-4-2-1-3-5-10)13-6-8-16(14,15)9-7-13/h10,12H,1-9H2. The third-order valence-corrected chi connectivity index (χ3v) is 5.29. The number of nitrogens with one attached hydrogen (secondary N) is 1. The molecule has 92 valence electrons. The van der Waals surface area contributed by atoms with Gasteiger partial charge in [0.2, 0.25) is 0 Å². The average Bonchev–Trinajstić information content (AvgIpc) is 2.29. The van der Waals surface area contributed by atoms with Crippen LogP contribution in [-0.4, -0.2) is 43.7 Å². The Hall–Kier alpha value is -0.580. The Bertz CT molecular complexity index is 344. The van der Waals surface area contributed by atoms with E-state index in [4.69, 9.17) is 5.41 Å². The zero-order chi connectivity index (χ0) is 11.6. The van der Waals surface area contributed by atoms with E-state index in [9.17, 15) is 8.42 Å². The molecule has 0 unspecified atom stereocenters. The highest BCUT2D eigenvalue weighted by molar-refractivity contribution is 7.91. The fourth-order valence-electron chi connectivity index (χ4n) is 2.59. The second kappa shape index (κ2) is 4.73. The van der Waals surface area contributed by atoms with Crippen molar-refractivity contribution in [3.8, 4) is 0 Å². The summed E-state index contributed by atoms with van der Waals surface area (Å²) in [6.07, 6.45) is 5.96. The fourth-order valence-corrected chi connectivity index (χ4v) is 3.79. The van der Waals surface area contributed by atoms with Gasteiger partial charge in [-0.2, -0.15) is 0 Å². The van der Waals surface area contributed by atoms with Gasteiger partial charge in [0.25, 0.3) is 0 Å². The van der Waals surface area contributed by atoms with Gasteiger partial charge in [-0.15, -0.1) is 0 Å². The van der Waals surface area contributed by atoms with Crippen LogP contribution in [0, 0.1) is 11.3 Å². The Kier molecular flexibility index (Phi) is 3.52. The van der Waals surface area contributed by atoms with E-state index in [1.54, 1.807) is 0 Å². The van der Waals surface area contributed by atoms with Crippen LogP contribution in [0.1, 0.15) is 32.1 Å². The van der Waals surface area contributed by atoms with Gasteiger partial charge < -0.3 is 4.90 Å². The molecule has 2 aliphatic rings. The maximum atomic E-state index is 11.3. The van der Waals surface area contributed by atoms with Crippen molar-refractivity contribution in [3.05, 3.63) is 0 Å². The van der Waals surface area contributed by atoms with Crippen molar-refractivity contribution in [2.24, 2.45) is 5.92 Å². The molecule has 0 bridgehead atoms. The third kappa shape index (κ3) is 2.75. The van der Waals surface area contributed by atoms with Crippen molar-refractivity contribution in [2.75, 3.05) is 24.6 Å². The molecule has 0 aromatic rings. The summed E-state index contributed by atoms with van der Waals surface area (Å²) < 4.78 is 22.6. The highest BCUT2D eigenvalue weighted by Crippen LogP contribution is 2.26. The summed E-state index contributed by atoms with van der Waals surface area (Å²) in [5.41, 5.74) is 0. The lowest BCUT2D eigenvalue weighted by Crippen LogP contribution is -2.46. The van der Waals surface area contributed by atoms with E-state index in [1.165, 1.54) is 19.3 Å². The first-order chi connectivity index (χ1) is 7.58. The maximum absolute atomic E-state index is 11.3. The molecule has 1 saturated carbocycles. The molecule has 0 aromatic carbocycles. The predicted molar refractivity (Wildman–Crippen MR) is 64.5 cm³/mol. The number of nitrogens with zero attached hydrogens (tertiary/aromatic N) is 1. The quantitative estimate of drug-likeness (QED) is 0.558. The Labute approximate surface area is 97.4 Å². The first kappa shape index (κ1) is 11.9. The largest absolute Gasteiger partial charge is 0.358 e. The molecule has 1 saturated heterocycles. The third-order valence-electron chi connectivity index (χ3n) is 3.68. The molecule has 0 radical (unpaired) electrons. The van der Waals surface area contributed by atoms with Gasteiger partial charge in [-0.05, 0) is 12.8 Å². The van der Waals surface area contributed by atoms with Gasteiger partial charge in [-0.25, -0.2) is 8.42 Å². The van der Waals surface area contributed by atoms with Gasteiger partial charge in [0, 0.05) is 19.0 Å². The van der Waals surface area contributed by atoms with Crippen molar-refractivity contribution >= 4 is 15.7 Å². The van der Waals surface area contributed by atoms with E-state index in [-0.39, 0.29) is 11.5 Å². The SMILES string of the molecule is N=C(C1CCCCC1)N1CCS(=O)(=O)CC1. The lowest BCUT2D eigenvalue weighted by Gasteiger charge is -2.34. The van der Waals surface area contributed by atoms with Gasteiger partial charge in [-0.1, -0.05) is 19.3 Å². The molecular formula is C11H20N2O2S. The number of hydrogen-bond donors (Lipinski definition) is 1. The van der Waals surface area contributed by atoms with Crippen molar-refractivity contribution in [1.82, 2.24) is 4.90 Å². The predicted octanol–water partition coefficient (Wildman–Crippen LogP) is 1.27.